The molecule has 2 aromatic rings. The van der Waals surface area contributed by atoms with Gasteiger partial charge in [0.1, 0.15) is 5.82 Å². The minimum atomic E-state index is -0.410. The number of aromatic nitrogens is 2. The maximum atomic E-state index is 13.3. The van der Waals surface area contributed by atoms with Gasteiger partial charge in [0.2, 0.25) is 0 Å². The number of H-pyrrole nitrogens is 1. The Morgan fingerprint density at radius 3 is 3.12 bits per heavy atom. The number of rotatable bonds is 0. The van der Waals surface area contributed by atoms with Gasteiger partial charge in [-0.3, -0.25) is 4.79 Å². The molecule has 0 fully saturated rings. The van der Waals surface area contributed by atoms with Gasteiger partial charge in [-0.2, -0.15) is 5.10 Å². The molecule has 0 amide bonds. The molecule has 1 aliphatic heterocycles. The minimum Gasteiger partial charge on any atom is -0.382 e. The number of halogens is 1. The molecule has 1 aliphatic rings. The first-order chi connectivity index (χ1) is 7.65. The van der Waals surface area contributed by atoms with Crippen LogP contribution in [0.25, 0.3) is 10.8 Å². The monoisotopic (exact) mass is 219 g/mol. The summed E-state index contributed by atoms with van der Waals surface area (Å²) in [6, 6.07) is 2.85. The predicted octanol–water partition coefficient (Wildman–Crippen LogP) is 1.42. The third kappa shape index (κ3) is 1.21. The zero-order valence-electron chi connectivity index (χ0n) is 8.67. The summed E-state index contributed by atoms with van der Waals surface area (Å²) in [5.74, 6) is -0.410. The van der Waals surface area contributed by atoms with Crippen molar-refractivity contribution in [1.82, 2.24) is 10.2 Å². The average molecular weight is 219 g/mol. The second-order valence-corrected chi connectivity index (χ2v) is 4.12. The molecule has 4 nitrogen and oxygen atoms in total. The van der Waals surface area contributed by atoms with E-state index in [-0.39, 0.29) is 11.6 Å². The molecule has 0 bridgehead atoms. The molecule has 0 saturated heterocycles. The average Bonchev–Trinajstić information content (AvgIpc) is 2.22. The highest BCUT2D eigenvalue weighted by atomic mass is 19.1. The molecule has 0 radical (unpaired) electrons. The largest absolute Gasteiger partial charge is 0.382 e. The number of nitrogens with zero attached hydrogens (tertiary/aromatic N) is 1. The molecule has 82 valence electrons. The fourth-order valence-electron chi connectivity index (χ4n) is 2.20. The van der Waals surface area contributed by atoms with Crippen LogP contribution in [0.1, 0.15) is 12.6 Å². The van der Waals surface area contributed by atoms with Crippen molar-refractivity contribution in [2.75, 3.05) is 5.32 Å². The Labute approximate surface area is 90.5 Å². The van der Waals surface area contributed by atoms with Crippen LogP contribution in [0.4, 0.5) is 10.1 Å². The van der Waals surface area contributed by atoms with Gasteiger partial charge >= 0.3 is 0 Å². The molecular formula is C11H10FN3O. The molecule has 16 heavy (non-hydrogen) atoms. The molecule has 1 unspecified atom stereocenters. The maximum Gasteiger partial charge on any atom is 0.272 e. The summed E-state index contributed by atoms with van der Waals surface area (Å²) in [5, 5.41) is 10.7. The Hall–Kier alpha value is -1.91. The van der Waals surface area contributed by atoms with Gasteiger partial charge in [0.05, 0.1) is 11.1 Å². The lowest BCUT2D eigenvalue weighted by Gasteiger charge is -2.23. The second kappa shape index (κ2) is 3.04. The number of hydrogen-bond acceptors (Lipinski definition) is 3. The van der Waals surface area contributed by atoms with Gasteiger partial charge in [0, 0.05) is 23.5 Å². The summed E-state index contributed by atoms with van der Waals surface area (Å²) in [6.07, 6.45) is 0.728. The van der Waals surface area contributed by atoms with E-state index in [0.717, 1.165) is 17.5 Å². The highest BCUT2D eigenvalue weighted by molar-refractivity contribution is 5.96. The Bertz CT molecular complexity index is 635. The minimum absolute atomic E-state index is 0.191. The number of aromatic amines is 1. The molecular weight excluding hydrogens is 209 g/mol. The van der Waals surface area contributed by atoms with E-state index in [9.17, 15) is 9.18 Å². The van der Waals surface area contributed by atoms with Crippen molar-refractivity contribution in [3.8, 4) is 0 Å². The van der Waals surface area contributed by atoms with Gasteiger partial charge in [-0.25, -0.2) is 9.49 Å². The Morgan fingerprint density at radius 2 is 2.31 bits per heavy atom. The first kappa shape index (κ1) is 9.33. The molecule has 0 saturated carbocycles. The van der Waals surface area contributed by atoms with Gasteiger partial charge in [-0.05, 0) is 19.1 Å². The fourth-order valence-corrected chi connectivity index (χ4v) is 2.20. The summed E-state index contributed by atoms with van der Waals surface area (Å²) >= 11 is 0. The molecule has 5 heteroatoms. The van der Waals surface area contributed by atoms with Crippen molar-refractivity contribution in [2.45, 2.75) is 19.4 Å². The van der Waals surface area contributed by atoms with Crippen molar-refractivity contribution in [2.24, 2.45) is 0 Å². The molecule has 1 atom stereocenters. The lowest BCUT2D eigenvalue weighted by atomic mass is 9.99. The molecule has 2 heterocycles. The van der Waals surface area contributed by atoms with Gasteiger partial charge < -0.3 is 5.32 Å². The maximum absolute atomic E-state index is 13.3. The number of anilines is 1. The molecule has 1 aromatic heterocycles. The number of nitrogens with one attached hydrogen (secondary N) is 2. The normalized spacial score (nSPS) is 18.5. The van der Waals surface area contributed by atoms with Gasteiger partial charge in [0.15, 0.2) is 0 Å². The van der Waals surface area contributed by atoms with Gasteiger partial charge in [0.25, 0.3) is 5.56 Å². The highest BCUT2D eigenvalue weighted by Crippen LogP contribution is 2.30. The molecule has 0 spiro atoms. The van der Waals surface area contributed by atoms with Crippen molar-refractivity contribution >= 4 is 16.5 Å². The van der Waals surface area contributed by atoms with Crippen LogP contribution in [0.15, 0.2) is 16.9 Å². The van der Waals surface area contributed by atoms with E-state index >= 15 is 0 Å². The van der Waals surface area contributed by atoms with Crippen LogP contribution in [-0.2, 0) is 6.42 Å². The third-order valence-corrected chi connectivity index (χ3v) is 2.83. The Balaban J connectivity index is 2.48. The molecule has 1 aromatic carbocycles. The van der Waals surface area contributed by atoms with Crippen LogP contribution in [0.3, 0.4) is 0 Å². The van der Waals surface area contributed by atoms with Crippen LogP contribution in [0.2, 0.25) is 0 Å². The zero-order chi connectivity index (χ0) is 11.3. The van der Waals surface area contributed by atoms with E-state index in [4.69, 9.17) is 0 Å². The quantitative estimate of drug-likeness (QED) is 0.704. The van der Waals surface area contributed by atoms with Crippen LogP contribution >= 0.6 is 0 Å². The smallest absolute Gasteiger partial charge is 0.272 e. The molecule has 3 rings (SSSR count). The SMILES string of the molecule is CC1Cc2n[nH]c(=O)c3cc(F)cc(c23)N1. The van der Waals surface area contributed by atoms with E-state index < -0.39 is 5.82 Å². The van der Waals surface area contributed by atoms with Crippen molar-refractivity contribution in [1.29, 1.82) is 0 Å². The first-order valence-electron chi connectivity index (χ1n) is 5.12. The van der Waals surface area contributed by atoms with Crippen LogP contribution < -0.4 is 10.9 Å². The topological polar surface area (TPSA) is 57.8 Å². The second-order valence-electron chi connectivity index (χ2n) is 4.12. The Kier molecular flexibility index (Phi) is 1.77. The summed E-state index contributed by atoms with van der Waals surface area (Å²) in [6.45, 7) is 1.99. The van der Waals surface area contributed by atoms with Gasteiger partial charge in [-0.1, -0.05) is 0 Å². The van der Waals surface area contributed by atoms with E-state index in [1.165, 1.54) is 12.1 Å². The number of benzene rings is 1. The van der Waals surface area contributed by atoms with Crippen molar-refractivity contribution in [3.63, 3.8) is 0 Å². The van der Waals surface area contributed by atoms with Crippen molar-refractivity contribution in [3.05, 3.63) is 34.0 Å². The lowest BCUT2D eigenvalue weighted by Crippen LogP contribution is -2.26. The fraction of sp³-hybridized carbons (Fsp3) is 0.273. The van der Waals surface area contributed by atoms with Crippen LogP contribution in [0, 0.1) is 5.82 Å². The van der Waals surface area contributed by atoms with E-state index in [1.54, 1.807) is 0 Å². The van der Waals surface area contributed by atoms with Crippen LogP contribution in [-0.4, -0.2) is 16.2 Å². The predicted molar refractivity (Wildman–Crippen MR) is 59.1 cm³/mol. The number of hydrogen-bond donors (Lipinski definition) is 2. The van der Waals surface area contributed by atoms with Crippen molar-refractivity contribution < 1.29 is 4.39 Å². The summed E-state index contributed by atoms with van der Waals surface area (Å²) in [7, 11) is 0. The van der Waals surface area contributed by atoms with E-state index in [0.29, 0.717) is 11.1 Å². The summed E-state index contributed by atoms with van der Waals surface area (Å²) < 4.78 is 13.3. The molecule has 0 aliphatic carbocycles. The van der Waals surface area contributed by atoms with Gasteiger partial charge in [-0.15, -0.1) is 0 Å². The van der Waals surface area contributed by atoms with Crippen LogP contribution in [0.5, 0.6) is 0 Å². The lowest BCUT2D eigenvalue weighted by molar-refractivity contribution is 0.628. The summed E-state index contributed by atoms with van der Waals surface area (Å²) in [4.78, 5) is 11.5. The first-order valence-corrected chi connectivity index (χ1v) is 5.12. The van der Waals surface area contributed by atoms with E-state index in [1.807, 2.05) is 6.92 Å². The van der Waals surface area contributed by atoms with E-state index in [2.05, 4.69) is 15.5 Å². The highest BCUT2D eigenvalue weighted by Gasteiger charge is 2.20. The Morgan fingerprint density at radius 1 is 1.50 bits per heavy atom. The zero-order valence-corrected chi connectivity index (χ0v) is 8.67. The third-order valence-electron chi connectivity index (χ3n) is 2.83. The standard InChI is InChI=1S/C11H10FN3O/c1-5-2-9-10-7(11(16)15-14-9)3-6(12)4-8(10)13-5/h3-5,13H,2H2,1H3,(H,15,16). The summed E-state index contributed by atoms with van der Waals surface area (Å²) in [5.41, 5.74) is 1.12. The molecule has 2 N–H and O–H groups in total.